The molecule has 10 heteroatoms. The molecule has 1 fully saturated rings. The number of carbonyl (C=O) groups is 1. The van der Waals surface area contributed by atoms with E-state index in [0.29, 0.717) is 10.7 Å². The van der Waals surface area contributed by atoms with E-state index in [1.165, 1.54) is 42.2 Å². The van der Waals surface area contributed by atoms with Gasteiger partial charge in [0, 0.05) is 4.47 Å². The van der Waals surface area contributed by atoms with Crippen molar-refractivity contribution < 1.29 is 17.4 Å². The van der Waals surface area contributed by atoms with Crippen LogP contribution in [-0.2, 0) is 14.9 Å². The highest BCUT2D eigenvalue weighted by Gasteiger charge is 2.25. The minimum absolute atomic E-state index is 0.0549. The fraction of sp³-hybridized carbons (Fsp3) is 0.118. The monoisotopic (exact) mass is 467 g/mol. The quantitative estimate of drug-likeness (QED) is 0.413. The van der Waals surface area contributed by atoms with Crippen LogP contribution in [0.2, 0.25) is 0 Å². The second kappa shape index (κ2) is 8.24. The van der Waals surface area contributed by atoms with Crippen LogP contribution in [0.1, 0.15) is 12.5 Å². The predicted molar refractivity (Wildman–Crippen MR) is 109 cm³/mol. The van der Waals surface area contributed by atoms with E-state index in [1.807, 2.05) is 0 Å². The molecule has 0 aromatic heterocycles. The number of hydrogen-bond donors (Lipinski definition) is 1. The predicted octanol–water partition coefficient (Wildman–Crippen LogP) is 3.16. The van der Waals surface area contributed by atoms with Crippen molar-refractivity contribution in [1.82, 2.24) is 5.32 Å². The third-order valence-corrected chi connectivity index (χ3v) is 6.17. The van der Waals surface area contributed by atoms with Gasteiger partial charge in [-0.15, -0.1) is 5.10 Å². The molecule has 0 spiro atoms. The zero-order valence-corrected chi connectivity index (χ0v) is 17.2. The molecule has 27 heavy (non-hydrogen) atoms. The Balaban J connectivity index is 1.72. The van der Waals surface area contributed by atoms with Crippen molar-refractivity contribution in [3.63, 3.8) is 0 Å². The molecule has 0 saturated carbocycles. The smallest absolute Gasteiger partial charge is 0.339 e. The largest absolute Gasteiger partial charge is 0.379 e. The Bertz CT molecular complexity index is 1020. The first-order valence-electron chi connectivity index (χ1n) is 7.72. The molecule has 1 saturated heterocycles. The molecule has 0 radical (unpaired) electrons. The molecule has 1 aliphatic rings. The van der Waals surface area contributed by atoms with Crippen LogP contribution in [0, 0.1) is 0 Å². The zero-order chi connectivity index (χ0) is 19.4. The number of hydrogen-bond acceptors (Lipinski definition) is 7. The fourth-order valence-corrected chi connectivity index (χ4v) is 4.02. The second-order valence-electron chi connectivity index (χ2n) is 5.46. The minimum Gasteiger partial charge on any atom is -0.379 e. The van der Waals surface area contributed by atoms with Gasteiger partial charge in [0.15, 0.2) is 5.17 Å². The van der Waals surface area contributed by atoms with Crippen LogP contribution in [0.25, 0.3) is 0 Å². The standard InChI is InChI=1S/C17H14BrN3O4S2/c1-11-16(22)20-17(26-11)21-19-10-12-3-2-4-14(9-12)25-27(23,24)15-7-5-13(18)6-8-15/h2-11H,1H3,(H,20,21,22)/b19-10+. The number of benzene rings is 2. The van der Waals surface area contributed by atoms with Crippen molar-refractivity contribution in [2.45, 2.75) is 17.1 Å². The van der Waals surface area contributed by atoms with Gasteiger partial charge in [0.2, 0.25) is 5.91 Å². The molecule has 1 unspecified atom stereocenters. The van der Waals surface area contributed by atoms with E-state index in [2.05, 4.69) is 31.4 Å². The second-order valence-corrected chi connectivity index (χ2v) is 9.25. The van der Waals surface area contributed by atoms with Crippen LogP contribution in [0.15, 0.2) is 68.1 Å². The topological polar surface area (TPSA) is 97.2 Å². The van der Waals surface area contributed by atoms with Gasteiger partial charge in [-0.1, -0.05) is 39.8 Å². The number of halogens is 1. The SMILES string of the molecule is CC1S/C(=N\N=C\c2cccc(OS(=O)(=O)c3ccc(Br)cc3)c2)NC1=O. The van der Waals surface area contributed by atoms with Gasteiger partial charge < -0.3 is 9.50 Å². The molecule has 1 N–H and O–H groups in total. The Morgan fingerprint density at radius 2 is 1.96 bits per heavy atom. The number of nitrogens with one attached hydrogen (secondary N) is 1. The lowest BCUT2D eigenvalue weighted by Gasteiger charge is -2.07. The number of rotatable bonds is 5. The van der Waals surface area contributed by atoms with Gasteiger partial charge in [-0.05, 0) is 48.9 Å². The van der Waals surface area contributed by atoms with Crippen molar-refractivity contribution >= 4 is 55.1 Å². The third-order valence-electron chi connectivity index (χ3n) is 3.41. The molecule has 2 aromatic carbocycles. The summed E-state index contributed by atoms with van der Waals surface area (Å²) < 4.78 is 30.6. The van der Waals surface area contributed by atoms with Crippen LogP contribution >= 0.6 is 27.7 Å². The summed E-state index contributed by atoms with van der Waals surface area (Å²) in [7, 11) is -3.94. The Kier molecular flexibility index (Phi) is 5.98. The molecule has 1 amide bonds. The van der Waals surface area contributed by atoms with E-state index in [9.17, 15) is 13.2 Å². The van der Waals surface area contributed by atoms with Crippen molar-refractivity contribution in [2.24, 2.45) is 10.2 Å². The van der Waals surface area contributed by atoms with Gasteiger partial charge in [0.05, 0.1) is 11.5 Å². The van der Waals surface area contributed by atoms with Gasteiger partial charge in [-0.2, -0.15) is 13.5 Å². The van der Waals surface area contributed by atoms with E-state index >= 15 is 0 Å². The maximum atomic E-state index is 12.3. The van der Waals surface area contributed by atoms with E-state index in [4.69, 9.17) is 4.18 Å². The number of thioether (sulfide) groups is 1. The van der Waals surface area contributed by atoms with Crippen LogP contribution < -0.4 is 9.50 Å². The van der Waals surface area contributed by atoms with E-state index in [1.54, 1.807) is 31.2 Å². The first-order valence-corrected chi connectivity index (χ1v) is 10.8. The van der Waals surface area contributed by atoms with Gasteiger partial charge in [0.25, 0.3) is 0 Å². The van der Waals surface area contributed by atoms with Gasteiger partial charge in [-0.25, -0.2) is 0 Å². The highest BCUT2D eigenvalue weighted by atomic mass is 79.9. The molecule has 0 bridgehead atoms. The summed E-state index contributed by atoms with van der Waals surface area (Å²) in [5.41, 5.74) is 0.602. The lowest BCUT2D eigenvalue weighted by molar-refractivity contribution is -0.118. The lowest BCUT2D eigenvalue weighted by Crippen LogP contribution is -2.23. The molecule has 7 nitrogen and oxygen atoms in total. The van der Waals surface area contributed by atoms with Gasteiger partial charge in [-0.3, -0.25) is 4.79 Å². The average Bonchev–Trinajstić information content (AvgIpc) is 2.93. The van der Waals surface area contributed by atoms with Gasteiger partial charge in [0.1, 0.15) is 10.6 Å². The maximum absolute atomic E-state index is 12.3. The minimum atomic E-state index is -3.94. The van der Waals surface area contributed by atoms with Crippen LogP contribution in [0.5, 0.6) is 5.75 Å². The fourth-order valence-electron chi connectivity index (χ4n) is 2.08. The summed E-state index contributed by atoms with van der Waals surface area (Å²) in [6, 6.07) is 12.6. The molecule has 3 rings (SSSR count). The summed E-state index contributed by atoms with van der Waals surface area (Å²) in [5.74, 6) is 0.0502. The first-order chi connectivity index (χ1) is 12.8. The lowest BCUT2D eigenvalue weighted by atomic mass is 10.2. The van der Waals surface area contributed by atoms with E-state index in [-0.39, 0.29) is 21.8 Å². The summed E-state index contributed by atoms with van der Waals surface area (Å²) in [4.78, 5) is 11.4. The number of amides is 1. The molecule has 1 atom stereocenters. The molecular weight excluding hydrogens is 454 g/mol. The number of amidine groups is 1. The van der Waals surface area contributed by atoms with E-state index < -0.39 is 10.1 Å². The van der Waals surface area contributed by atoms with Crippen LogP contribution in [0.4, 0.5) is 0 Å². The van der Waals surface area contributed by atoms with Crippen LogP contribution in [-0.4, -0.2) is 31.0 Å². The van der Waals surface area contributed by atoms with Crippen molar-refractivity contribution in [2.75, 3.05) is 0 Å². The van der Waals surface area contributed by atoms with Crippen molar-refractivity contribution in [1.29, 1.82) is 0 Å². The number of carbonyl (C=O) groups excluding carboxylic acids is 1. The van der Waals surface area contributed by atoms with E-state index in [0.717, 1.165) is 4.47 Å². The molecule has 2 aromatic rings. The third kappa shape index (κ3) is 5.18. The average molecular weight is 468 g/mol. The Hall–Kier alpha value is -2.17. The summed E-state index contributed by atoms with van der Waals surface area (Å²) >= 11 is 4.54. The Morgan fingerprint density at radius 3 is 2.63 bits per heavy atom. The summed E-state index contributed by atoms with van der Waals surface area (Å²) in [6.45, 7) is 1.78. The van der Waals surface area contributed by atoms with Crippen LogP contribution in [0.3, 0.4) is 0 Å². The molecule has 140 valence electrons. The molecule has 1 aliphatic heterocycles. The highest BCUT2D eigenvalue weighted by molar-refractivity contribution is 9.10. The summed E-state index contributed by atoms with van der Waals surface area (Å²) in [5, 5.41) is 10.7. The van der Waals surface area contributed by atoms with Crippen molar-refractivity contribution in [3.05, 3.63) is 58.6 Å². The van der Waals surface area contributed by atoms with Gasteiger partial charge >= 0.3 is 10.1 Å². The maximum Gasteiger partial charge on any atom is 0.339 e. The first kappa shape index (κ1) is 19.6. The number of nitrogens with zero attached hydrogens (tertiary/aromatic N) is 2. The highest BCUT2D eigenvalue weighted by Crippen LogP contribution is 2.21. The Labute approximate surface area is 169 Å². The molecular formula is C17H14BrN3O4S2. The summed E-state index contributed by atoms with van der Waals surface area (Å²) in [6.07, 6.45) is 1.45. The zero-order valence-electron chi connectivity index (χ0n) is 14.0. The Morgan fingerprint density at radius 1 is 1.22 bits per heavy atom. The normalized spacial score (nSPS) is 18.8. The van der Waals surface area contributed by atoms with Crippen molar-refractivity contribution in [3.8, 4) is 5.75 Å². The molecule has 1 heterocycles. The molecule has 0 aliphatic carbocycles.